The second-order valence-electron chi connectivity index (χ2n) is 7.48. The van der Waals surface area contributed by atoms with Gasteiger partial charge in [0.1, 0.15) is 11.1 Å². The number of para-hydroxylation sites is 1. The van der Waals surface area contributed by atoms with Gasteiger partial charge in [0.2, 0.25) is 0 Å². The molecule has 5 nitrogen and oxygen atoms in total. The highest BCUT2D eigenvalue weighted by atomic mass is 79.9. The van der Waals surface area contributed by atoms with Crippen molar-refractivity contribution >= 4 is 33.5 Å². The number of amides is 1. The van der Waals surface area contributed by atoms with Crippen LogP contribution in [0.5, 0.6) is 0 Å². The largest absolute Gasteiger partial charge is 0.443 e. The number of fused-ring (bicyclic) bond motifs is 1. The third-order valence-electron chi connectivity index (χ3n) is 4.52. The molecule has 0 bridgehead atoms. The van der Waals surface area contributed by atoms with Crippen LogP contribution in [-0.4, -0.2) is 29.2 Å². The molecule has 0 saturated carbocycles. The normalized spacial score (nSPS) is 19.1. The van der Waals surface area contributed by atoms with E-state index in [1.54, 1.807) is 51.1 Å². The predicted molar refractivity (Wildman–Crippen MR) is 107 cm³/mol. The van der Waals surface area contributed by atoms with Crippen molar-refractivity contribution in [2.45, 2.75) is 38.3 Å². The first kappa shape index (κ1) is 19.6. The number of nitrogens with zero attached hydrogens (tertiary/aromatic N) is 1. The molecule has 2 aromatic carbocycles. The van der Waals surface area contributed by atoms with E-state index in [1.807, 2.05) is 18.2 Å². The van der Waals surface area contributed by atoms with Crippen LogP contribution in [0.1, 0.15) is 43.1 Å². The van der Waals surface area contributed by atoms with E-state index in [0.29, 0.717) is 21.3 Å². The Balaban J connectivity index is 2.28. The van der Waals surface area contributed by atoms with Gasteiger partial charge in [-0.25, -0.2) is 4.79 Å². The summed E-state index contributed by atoms with van der Waals surface area (Å²) in [7, 11) is 0. The number of aliphatic hydroxyl groups is 1. The monoisotopic (exact) mass is 431 g/mol. The number of anilines is 1. The number of benzene rings is 2. The van der Waals surface area contributed by atoms with Crippen molar-refractivity contribution in [3.05, 3.63) is 64.1 Å². The number of ether oxygens (including phenoxy) is 1. The molecule has 0 saturated heterocycles. The van der Waals surface area contributed by atoms with E-state index in [2.05, 4.69) is 15.9 Å². The van der Waals surface area contributed by atoms with Crippen LogP contribution >= 0.6 is 15.9 Å². The highest BCUT2D eigenvalue weighted by molar-refractivity contribution is 9.10. The van der Waals surface area contributed by atoms with Crippen molar-refractivity contribution in [2.75, 3.05) is 11.5 Å². The summed E-state index contributed by atoms with van der Waals surface area (Å²) in [5.74, 6) is -0.232. The maximum absolute atomic E-state index is 13.6. The first-order valence-electron chi connectivity index (χ1n) is 8.75. The van der Waals surface area contributed by atoms with E-state index in [4.69, 9.17) is 4.74 Å². The average Bonchev–Trinajstić information content (AvgIpc) is 2.84. The Morgan fingerprint density at radius 3 is 2.41 bits per heavy atom. The summed E-state index contributed by atoms with van der Waals surface area (Å²) in [5, 5.41) is 9.83. The second kappa shape index (κ2) is 7.09. The van der Waals surface area contributed by atoms with E-state index < -0.39 is 17.2 Å². The lowest BCUT2D eigenvalue weighted by molar-refractivity contribution is 0.0509. The summed E-state index contributed by atoms with van der Waals surface area (Å²) < 4.78 is 6.32. The summed E-state index contributed by atoms with van der Waals surface area (Å²) in [6.07, 6.45) is -0.562. The van der Waals surface area contributed by atoms with Crippen molar-refractivity contribution in [3.8, 4) is 0 Å². The van der Waals surface area contributed by atoms with Gasteiger partial charge < -0.3 is 9.84 Å². The minimum absolute atomic E-state index is 0.0579. The van der Waals surface area contributed by atoms with E-state index in [0.717, 1.165) is 0 Å². The summed E-state index contributed by atoms with van der Waals surface area (Å²) in [5.41, 5.74) is -0.558. The number of carbonyl (C=O) groups excluding carboxylic acids is 2. The fraction of sp³-hybridized carbons (Fsp3) is 0.333. The highest BCUT2D eigenvalue weighted by Crippen LogP contribution is 2.49. The molecule has 1 N–H and O–H groups in total. The van der Waals surface area contributed by atoms with Gasteiger partial charge in [-0.1, -0.05) is 46.3 Å². The molecule has 0 spiro atoms. The van der Waals surface area contributed by atoms with E-state index >= 15 is 0 Å². The Labute approximate surface area is 167 Å². The molecule has 0 radical (unpaired) electrons. The van der Waals surface area contributed by atoms with Crippen molar-refractivity contribution < 1.29 is 19.4 Å². The number of aliphatic hydroxyl groups excluding tert-OH is 1. The molecule has 1 heterocycles. The number of hydrogen-bond donors (Lipinski definition) is 1. The average molecular weight is 432 g/mol. The van der Waals surface area contributed by atoms with E-state index in [-0.39, 0.29) is 18.8 Å². The maximum Gasteiger partial charge on any atom is 0.416 e. The zero-order chi connectivity index (χ0) is 19.8. The molecular formula is C21H22BrNO4. The zero-order valence-corrected chi connectivity index (χ0v) is 17.1. The van der Waals surface area contributed by atoms with Crippen LogP contribution in [-0.2, 0) is 10.3 Å². The number of carbonyl (C=O) groups is 2. The van der Waals surface area contributed by atoms with Crippen LogP contribution in [0.15, 0.2) is 53.0 Å². The fourth-order valence-corrected chi connectivity index (χ4v) is 4.13. The molecule has 1 atom stereocenters. The minimum Gasteiger partial charge on any atom is -0.443 e. The molecule has 142 valence electrons. The van der Waals surface area contributed by atoms with Crippen LogP contribution in [0.4, 0.5) is 10.5 Å². The van der Waals surface area contributed by atoms with Gasteiger partial charge in [0.05, 0.1) is 5.69 Å². The Bertz CT molecular complexity index is 890. The van der Waals surface area contributed by atoms with Crippen LogP contribution in [0.2, 0.25) is 0 Å². The highest BCUT2D eigenvalue weighted by Gasteiger charge is 2.56. The molecule has 0 fully saturated rings. The predicted octanol–water partition coefficient (Wildman–Crippen LogP) is 4.66. The van der Waals surface area contributed by atoms with Gasteiger partial charge in [-0.15, -0.1) is 0 Å². The van der Waals surface area contributed by atoms with Crippen molar-refractivity contribution in [1.29, 1.82) is 0 Å². The first-order valence-corrected chi connectivity index (χ1v) is 9.54. The quantitative estimate of drug-likeness (QED) is 0.766. The Morgan fingerprint density at radius 2 is 1.78 bits per heavy atom. The number of halogens is 1. The molecular weight excluding hydrogens is 410 g/mol. The maximum atomic E-state index is 13.6. The second-order valence-corrected chi connectivity index (χ2v) is 8.33. The first-order chi connectivity index (χ1) is 12.7. The fourth-order valence-electron chi connectivity index (χ4n) is 3.51. The smallest absolute Gasteiger partial charge is 0.416 e. The van der Waals surface area contributed by atoms with Crippen molar-refractivity contribution in [3.63, 3.8) is 0 Å². The Kier molecular flexibility index (Phi) is 5.14. The molecule has 0 aromatic heterocycles. The molecule has 3 rings (SSSR count). The lowest BCUT2D eigenvalue weighted by Crippen LogP contribution is -2.53. The zero-order valence-electron chi connectivity index (χ0n) is 15.5. The summed E-state index contributed by atoms with van der Waals surface area (Å²) in [4.78, 5) is 28.2. The number of hydrogen-bond acceptors (Lipinski definition) is 4. The Hall–Kier alpha value is -2.18. The standard InChI is InChI=1S/C21H22BrNO4/c1-20(2,3)27-19(26)23-17-11-7-4-8-14(17)18(25)21(23,12-13-24)15-9-5-6-10-16(15)22/h4-11,24H,12-13H2,1-3H3. The SMILES string of the molecule is CC(C)(C)OC(=O)N1c2ccccc2C(=O)C1(CCO)c1ccccc1Br. The molecule has 1 unspecified atom stereocenters. The summed E-state index contributed by atoms with van der Waals surface area (Å²) >= 11 is 3.51. The molecule has 1 aliphatic rings. The summed E-state index contributed by atoms with van der Waals surface area (Å²) in [6, 6.07) is 14.2. The van der Waals surface area contributed by atoms with Gasteiger partial charge in [-0.05, 0) is 39.0 Å². The van der Waals surface area contributed by atoms with Gasteiger partial charge in [0.15, 0.2) is 5.78 Å². The lowest BCUT2D eigenvalue weighted by atomic mass is 9.82. The third kappa shape index (κ3) is 3.28. The molecule has 1 aliphatic heterocycles. The van der Waals surface area contributed by atoms with Gasteiger partial charge in [0, 0.05) is 28.6 Å². The number of rotatable bonds is 3. The third-order valence-corrected chi connectivity index (χ3v) is 5.21. The minimum atomic E-state index is -1.37. The van der Waals surface area contributed by atoms with Crippen molar-refractivity contribution in [1.82, 2.24) is 0 Å². The molecule has 1 amide bonds. The molecule has 27 heavy (non-hydrogen) atoms. The van der Waals surface area contributed by atoms with E-state index in [1.165, 1.54) is 4.90 Å². The van der Waals surface area contributed by atoms with Crippen LogP contribution in [0.3, 0.4) is 0 Å². The molecule has 0 aliphatic carbocycles. The molecule has 6 heteroatoms. The number of ketones is 1. The van der Waals surface area contributed by atoms with Crippen LogP contribution in [0, 0.1) is 0 Å². The van der Waals surface area contributed by atoms with Gasteiger partial charge >= 0.3 is 6.09 Å². The van der Waals surface area contributed by atoms with Gasteiger partial charge in [-0.2, -0.15) is 0 Å². The number of Topliss-reactive ketones (excluding diaryl/α,β-unsaturated/α-hetero) is 1. The topological polar surface area (TPSA) is 66.8 Å². The lowest BCUT2D eigenvalue weighted by Gasteiger charge is -2.38. The molecule has 2 aromatic rings. The van der Waals surface area contributed by atoms with E-state index in [9.17, 15) is 14.7 Å². The van der Waals surface area contributed by atoms with Crippen molar-refractivity contribution in [2.24, 2.45) is 0 Å². The summed E-state index contributed by atoms with van der Waals surface area (Å²) in [6.45, 7) is 5.07. The Morgan fingerprint density at radius 1 is 1.15 bits per heavy atom. The van der Waals surface area contributed by atoms with Gasteiger partial charge in [0.25, 0.3) is 0 Å². The van der Waals surface area contributed by atoms with Crippen LogP contribution < -0.4 is 4.90 Å². The van der Waals surface area contributed by atoms with Crippen LogP contribution in [0.25, 0.3) is 0 Å². The van der Waals surface area contributed by atoms with Gasteiger partial charge in [-0.3, -0.25) is 9.69 Å².